The molecule has 7 nitrogen and oxygen atoms in total. The summed E-state index contributed by atoms with van der Waals surface area (Å²) in [7, 11) is -3.57. The molecule has 0 aromatic carbocycles. The van der Waals surface area contributed by atoms with Gasteiger partial charge in [0, 0.05) is 42.3 Å². The molecule has 8 heteroatoms. The van der Waals surface area contributed by atoms with Gasteiger partial charge in [0.1, 0.15) is 0 Å². The summed E-state index contributed by atoms with van der Waals surface area (Å²) >= 11 is 0. The van der Waals surface area contributed by atoms with E-state index in [0.29, 0.717) is 6.54 Å². The summed E-state index contributed by atoms with van der Waals surface area (Å²) in [5.74, 6) is 0. The number of hydrogen-bond donors (Lipinski definition) is 3. The van der Waals surface area contributed by atoms with Crippen LogP contribution in [0.1, 0.15) is 36.8 Å². The van der Waals surface area contributed by atoms with Gasteiger partial charge >= 0.3 is 0 Å². The van der Waals surface area contributed by atoms with E-state index in [-0.39, 0.29) is 17.5 Å². The van der Waals surface area contributed by atoms with Gasteiger partial charge in [-0.25, -0.2) is 13.1 Å². The van der Waals surface area contributed by atoms with Crippen LogP contribution in [-0.2, 0) is 23.1 Å². The molecule has 2 aromatic heterocycles. The van der Waals surface area contributed by atoms with Gasteiger partial charge in [-0.05, 0) is 26.8 Å². The molecule has 0 atom stereocenters. The first kappa shape index (κ1) is 15.7. The first-order valence-electron chi connectivity index (χ1n) is 6.74. The van der Waals surface area contributed by atoms with Gasteiger partial charge in [-0.15, -0.1) is 0 Å². The molecule has 0 aliphatic carbocycles. The summed E-state index contributed by atoms with van der Waals surface area (Å²) in [6.45, 7) is 6.32. The Balaban J connectivity index is 2.21. The quantitative estimate of drug-likeness (QED) is 0.741. The Morgan fingerprint density at radius 3 is 2.67 bits per heavy atom. The van der Waals surface area contributed by atoms with Gasteiger partial charge in [-0.1, -0.05) is 0 Å². The first-order chi connectivity index (χ1) is 9.85. The van der Waals surface area contributed by atoms with Crippen molar-refractivity contribution in [2.24, 2.45) is 5.73 Å². The number of aromatic nitrogens is 3. The highest BCUT2D eigenvalue weighted by atomic mass is 32.2. The Labute approximate surface area is 124 Å². The van der Waals surface area contributed by atoms with Crippen molar-refractivity contribution in [2.45, 2.75) is 44.8 Å². The van der Waals surface area contributed by atoms with Crippen molar-refractivity contribution >= 4 is 10.0 Å². The van der Waals surface area contributed by atoms with Gasteiger partial charge < -0.3 is 10.3 Å². The number of rotatable bonds is 6. The number of nitrogens with one attached hydrogen (secondary N) is 2. The third kappa shape index (κ3) is 3.34. The normalized spacial score (nSPS) is 12.2. The van der Waals surface area contributed by atoms with E-state index in [1.54, 1.807) is 18.5 Å². The van der Waals surface area contributed by atoms with Crippen molar-refractivity contribution in [3.8, 4) is 0 Å². The third-order valence-corrected chi connectivity index (χ3v) is 4.74. The predicted octanol–water partition coefficient (Wildman–Crippen LogP) is 1.04. The minimum absolute atomic E-state index is 0.156. The summed E-state index contributed by atoms with van der Waals surface area (Å²) in [6.07, 6.45) is 3.24. The lowest BCUT2D eigenvalue weighted by molar-refractivity contribution is 0.569. The van der Waals surface area contributed by atoms with E-state index < -0.39 is 10.0 Å². The molecule has 0 spiro atoms. The summed E-state index contributed by atoms with van der Waals surface area (Å²) in [6, 6.07) is 1.77. The van der Waals surface area contributed by atoms with Crippen molar-refractivity contribution in [2.75, 3.05) is 0 Å². The standard InChI is InChI=1S/C13H21N5O2S/c1-9(2)18-8-13(4-12(18)5-14)21(19,20)16-7-11-6-15-17-10(11)3/h4,6,8-9,16H,5,7,14H2,1-3H3,(H,15,17). The van der Waals surface area contributed by atoms with E-state index in [4.69, 9.17) is 5.73 Å². The monoisotopic (exact) mass is 311 g/mol. The maximum absolute atomic E-state index is 12.3. The number of hydrogen-bond acceptors (Lipinski definition) is 4. The highest BCUT2D eigenvalue weighted by Gasteiger charge is 2.19. The Hall–Kier alpha value is -1.64. The summed E-state index contributed by atoms with van der Waals surface area (Å²) in [5, 5.41) is 6.65. The van der Waals surface area contributed by atoms with Gasteiger partial charge in [-0.2, -0.15) is 5.10 Å². The van der Waals surface area contributed by atoms with Crippen molar-refractivity contribution in [1.29, 1.82) is 0 Å². The maximum atomic E-state index is 12.3. The smallest absolute Gasteiger partial charge is 0.242 e. The van der Waals surface area contributed by atoms with E-state index in [1.165, 1.54) is 0 Å². The Morgan fingerprint density at radius 2 is 2.19 bits per heavy atom. The topological polar surface area (TPSA) is 106 Å². The fourth-order valence-electron chi connectivity index (χ4n) is 2.10. The number of aromatic amines is 1. The second-order valence-electron chi connectivity index (χ2n) is 5.22. The highest BCUT2D eigenvalue weighted by molar-refractivity contribution is 7.89. The molecule has 0 aliphatic heterocycles. The lowest BCUT2D eigenvalue weighted by Gasteiger charge is -2.10. The molecule has 4 N–H and O–H groups in total. The van der Waals surface area contributed by atoms with E-state index in [9.17, 15) is 8.42 Å². The molecule has 2 aromatic rings. The summed E-state index contributed by atoms with van der Waals surface area (Å²) in [4.78, 5) is 0.234. The zero-order valence-corrected chi connectivity index (χ0v) is 13.2. The van der Waals surface area contributed by atoms with E-state index in [1.807, 2.05) is 25.3 Å². The van der Waals surface area contributed by atoms with Crippen LogP contribution in [0.4, 0.5) is 0 Å². The fourth-order valence-corrected chi connectivity index (χ4v) is 3.15. The lowest BCUT2D eigenvalue weighted by Crippen LogP contribution is -2.23. The van der Waals surface area contributed by atoms with Crippen LogP contribution < -0.4 is 10.5 Å². The molecule has 0 saturated heterocycles. The molecule has 2 rings (SSSR count). The molecule has 0 saturated carbocycles. The van der Waals surface area contributed by atoms with Crippen molar-refractivity contribution in [3.05, 3.63) is 35.4 Å². The number of nitrogens with zero attached hydrogens (tertiary/aromatic N) is 2. The predicted molar refractivity (Wildman–Crippen MR) is 80.1 cm³/mol. The van der Waals surface area contributed by atoms with Gasteiger partial charge in [-0.3, -0.25) is 5.10 Å². The summed E-state index contributed by atoms with van der Waals surface area (Å²) in [5.41, 5.74) is 8.13. The molecule has 0 unspecified atom stereocenters. The minimum Gasteiger partial charge on any atom is -0.346 e. The Bertz CT molecular complexity index is 715. The van der Waals surface area contributed by atoms with E-state index in [2.05, 4.69) is 14.9 Å². The zero-order valence-electron chi connectivity index (χ0n) is 12.4. The van der Waals surface area contributed by atoms with Gasteiger partial charge in [0.15, 0.2) is 0 Å². The minimum atomic E-state index is -3.57. The van der Waals surface area contributed by atoms with E-state index >= 15 is 0 Å². The van der Waals surface area contributed by atoms with Crippen LogP contribution in [0.15, 0.2) is 23.4 Å². The molecular formula is C13H21N5O2S. The molecule has 2 heterocycles. The number of H-pyrrole nitrogens is 1. The lowest BCUT2D eigenvalue weighted by atomic mass is 10.3. The van der Waals surface area contributed by atoms with Gasteiger partial charge in [0.25, 0.3) is 0 Å². The van der Waals surface area contributed by atoms with Crippen LogP contribution in [0.3, 0.4) is 0 Å². The van der Waals surface area contributed by atoms with Gasteiger partial charge in [0.2, 0.25) is 10.0 Å². The van der Waals surface area contributed by atoms with Crippen LogP contribution in [0.2, 0.25) is 0 Å². The van der Waals surface area contributed by atoms with Crippen LogP contribution in [-0.4, -0.2) is 23.2 Å². The van der Waals surface area contributed by atoms with Crippen LogP contribution >= 0.6 is 0 Å². The molecule has 116 valence electrons. The van der Waals surface area contributed by atoms with Crippen LogP contribution in [0.5, 0.6) is 0 Å². The molecular weight excluding hydrogens is 290 g/mol. The van der Waals surface area contributed by atoms with Crippen LogP contribution in [0, 0.1) is 6.92 Å². The Kier molecular flexibility index (Phi) is 4.50. The summed E-state index contributed by atoms with van der Waals surface area (Å²) < 4.78 is 29.1. The third-order valence-electron chi connectivity index (χ3n) is 3.37. The van der Waals surface area contributed by atoms with Gasteiger partial charge in [0.05, 0.1) is 11.1 Å². The zero-order chi connectivity index (χ0) is 15.6. The maximum Gasteiger partial charge on any atom is 0.242 e. The van der Waals surface area contributed by atoms with Crippen LogP contribution in [0.25, 0.3) is 0 Å². The largest absolute Gasteiger partial charge is 0.346 e. The molecule has 21 heavy (non-hydrogen) atoms. The van der Waals surface area contributed by atoms with Crippen molar-refractivity contribution in [1.82, 2.24) is 19.5 Å². The molecule has 0 bridgehead atoms. The number of sulfonamides is 1. The average molecular weight is 311 g/mol. The Morgan fingerprint density at radius 1 is 1.48 bits per heavy atom. The van der Waals surface area contributed by atoms with Crippen molar-refractivity contribution < 1.29 is 8.42 Å². The number of aryl methyl sites for hydroxylation is 1. The first-order valence-corrected chi connectivity index (χ1v) is 8.22. The fraction of sp³-hybridized carbons (Fsp3) is 0.462. The van der Waals surface area contributed by atoms with Crippen molar-refractivity contribution in [3.63, 3.8) is 0 Å². The number of nitrogens with two attached hydrogens (primary N) is 1. The van der Waals surface area contributed by atoms with E-state index in [0.717, 1.165) is 17.0 Å². The molecule has 0 radical (unpaired) electrons. The molecule has 0 fully saturated rings. The second-order valence-corrected chi connectivity index (χ2v) is 6.98. The molecule has 0 amide bonds. The average Bonchev–Trinajstić information content (AvgIpc) is 3.02. The highest BCUT2D eigenvalue weighted by Crippen LogP contribution is 2.19. The second kappa shape index (κ2) is 6.00. The molecule has 0 aliphatic rings. The SMILES string of the molecule is Cc1[nH]ncc1CNS(=O)(=O)c1cc(CN)n(C(C)C)c1.